The fourth-order valence-electron chi connectivity index (χ4n) is 2.03. The van der Waals surface area contributed by atoms with E-state index in [0.29, 0.717) is 19.5 Å². The van der Waals surface area contributed by atoms with Crippen LogP contribution >= 0.6 is 27.3 Å². The first kappa shape index (κ1) is 14.3. The summed E-state index contributed by atoms with van der Waals surface area (Å²) in [6.45, 7) is 2.90. The van der Waals surface area contributed by atoms with E-state index in [1.807, 2.05) is 11.4 Å². The minimum absolute atomic E-state index is 0.200. The topological polar surface area (TPSA) is 69.6 Å². The SMILES string of the molecule is CC1(C(=O)O)CCN(C(=O)NCc2cc(Br)cs2)C1. The summed E-state index contributed by atoms with van der Waals surface area (Å²) in [6, 6.07) is 1.76. The second kappa shape index (κ2) is 5.50. The molecule has 19 heavy (non-hydrogen) atoms. The van der Waals surface area contributed by atoms with Gasteiger partial charge in [-0.05, 0) is 35.3 Å². The number of likely N-dealkylation sites (tertiary alicyclic amines) is 1. The molecule has 5 nitrogen and oxygen atoms in total. The molecule has 1 unspecified atom stereocenters. The molecule has 2 rings (SSSR count). The van der Waals surface area contributed by atoms with Crippen LogP contribution in [-0.4, -0.2) is 35.1 Å². The Morgan fingerprint density at radius 3 is 2.89 bits per heavy atom. The van der Waals surface area contributed by atoms with Gasteiger partial charge >= 0.3 is 12.0 Å². The number of carbonyl (C=O) groups excluding carboxylic acids is 1. The Morgan fingerprint density at radius 1 is 1.63 bits per heavy atom. The molecule has 1 atom stereocenters. The summed E-state index contributed by atoms with van der Waals surface area (Å²) in [6.07, 6.45) is 0.500. The minimum atomic E-state index is -0.843. The number of carbonyl (C=O) groups is 2. The van der Waals surface area contributed by atoms with Crippen molar-refractivity contribution in [2.75, 3.05) is 13.1 Å². The van der Waals surface area contributed by atoms with Gasteiger partial charge in [-0.2, -0.15) is 0 Å². The van der Waals surface area contributed by atoms with Crippen molar-refractivity contribution in [3.05, 3.63) is 20.8 Å². The van der Waals surface area contributed by atoms with Gasteiger partial charge in [0.2, 0.25) is 0 Å². The molecule has 2 N–H and O–H groups in total. The summed E-state index contributed by atoms with van der Waals surface area (Å²) in [5.74, 6) is -0.843. The lowest BCUT2D eigenvalue weighted by atomic mass is 9.90. The molecule has 0 bridgehead atoms. The Bertz CT molecular complexity index is 505. The lowest BCUT2D eigenvalue weighted by Gasteiger charge is -2.20. The van der Waals surface area contributed by atoms with E-state index in [1.54, 1.807) is 23.2 Å². The van der Waals surface area contributed by atoms with Gasteiger partial charge in [0, 0.05) is 27.8 Å². The van der Waals surface area contributed by atoms with Gasteiger partial charge in [-0.15, -0.1) is 11.3 Å². The van der Waals surface area contributed by atoms with Crippen LogP contribution in [0.5, 0.6) is 0 Å². The molecule has 1 saturated heterocycles. The van der Waals surface area contributed by atoms with Crippen molar-refractivity contribution >= 4 is 39.3 Å². The first-order valence-electron chi connectivity index (χ1n) is 5.90. The van der Waals surface area contributed by atoms with Crippen molar-refractivity contribution < 1.29 is 14.7 Å². The van der Waals surface area contributed by atoms with Crippen LogP contribution < -0.4 is 5.32 Å². The molecule has 1 aliphatic heterocycles. The lowest BCUT2D eigenvalue weighted by molar-refractivity contribution is -0.146. The molecule has 1 aromatic heterocycles. The molecule has 2 amide bonds. The number of carboxylic acids is 1. The fourth-order valence-corrected chi connectivity index (χ4v) is 3.42. The van der Waals surface area contributed by atoms with E-state index in [9.17, 15) is 9.59 Å². The molecule has 7 heteroatoms. The van der Waals surface area contributed by atoms with Gasteiger partial charge in [0.25, 0.3) is 0 Å². The highest BCUT2D eigenvalue weighted by molar-refractivity contribution is 9.10. The van der Waals surface area contributed by atoms with Crippen molar-refractivity contribution in [1.29, 1.82) is 0 Å². The van der Waals surface area contributed by atoms with Crippen LogP contribution in [-0.2, 0) is 11.3 Å². The number of nitrogens with zero attached hydrogens (tertiary/aromatic N) is 1. The predicted octanol–water partition coefficient (Wildman–Crippen LogP) is 2.52. The maximum absolute atomic E-state index is 12.0. The van der Waals surface area contributed by atoms with Crippen LogP contribution in [0.25, 0.3) is 0 Å². The number of aliphatic carboxylic acids is 1. The smallest absolute Gasteiger partial charge is 0.317 e. The molecule has 104 valence electrons. The number of thiophene rings is 1. The number of nitrogens with one attached hydrogen (secondary N) is 1. The van der Waals surface area contributed by atoms with Crippen molar-refractivity contribution in [2.45, 2.75) is 19.9 Å². The first-order valence-corrected chi connectivity index (χ1v) is 7.57. The molecule has 1 aromatic rings. The molecule has 0 saturated carbocycles. The van der Waals surface area contributed by atoms with Crippen LogP contribution in [0.2, 0.25) is 0 Å². The summed E-state index contributed by atoms with van der Waals surface area (Å²) in [4.78, 5) is 25.7. The molecular formula is C12H15BrN2O3S. The number of carboxylic acid groups (broad SMARTS) is 1. The first-order chi connectivity index (χ1) is 8.90. The fraction of sp³-hybridized carbons (Fsp3) is 0.500. The van der Waals surface area contributed by atoms with Crippen LogP contribution in [0.15, 0.2) is 15.9 Å². The van der Waals surface area contributed by atoms with Crippen molar-refractivity contribution in [2.24, 2.45) is 5.41 Å². The highest BCUT2D eigenvalue weighted by atomic mass is 79.9. The van der Waals surface area contributed by atoms with Gasteiger partial charge in [-0.3, -0.25) is 4.79 Å². The maximum Gasteiger partial charge on any atom is 0.317 e. The average Bonchev–Trinajstić information content (AvgIpc) is 2.94. The van der Waals surface area contributed by atoms with Crippen LogP contribution in [0.1, 0.15) is 18.2 Å². The lowest BCUT2D eigenvalue weighted by Crippen LogP contribution is -2.40. The molecule has 0 aliphatic carbocycles. The maximum atomic E-state index is 12.0. The predicted molar refractivity (Wildman–Crippen MR) is 76.2 cm³/mol. The van der Waals surface area contributed by atoms with Crippen LogP contribution in [0.3, 0.4) is 0 Å². The number of amides is 2. The van der Waals surface area contributed by atoms with E-state index in [0.717, 1.165) is 9.35 Å². The third-order valence-corrected chi connectivity index (χ3v) is 5.01. The van der Waals surface area contributed by atoms with Crippen molar-refractivity contribution in [3.63, 3.8) is 0 Å². The Morgan fingerprint density at radius 2 is 2.37 bits per heavy atom. The van der Waals surface area contributed by atoms with E-state index in [1.165, 1.54) is 0 Å². The standard InChI is InChI=1S/C12H15BrN2O3S/c1-12(10(16)17)2-3-15(7-12)11(18)14-5-9-4-8(13)6-19-9/h4,6H,2-3,5,7H2,1H3,(H,14,18)(H,16,17). The number of rotatable bonds is 3. The highest BCUT2D eigenvalue weighted by Crippen LogP contribution is 2.30. The van der Waals surface area contributed by atoms with Gasteiger partial charge in [-0.1, -0.05) is 0 Å². The van der Waals surface area contributed by atoms with Crippen LogP contribution in [0.4, 0.5) is 4.79 Å². The molecular weight excluding hydrogens is 332 g/mol. The third-order valence-electron chi connectivity index (χ3n) is 3.31. The van der Waals surface area contributed by atoms with Gasteiger partial charge in [0.15, 0.2) is 0 Å². The Kier molecular flexibility index (Phi) is 4.15. The zero-order chi connectivity index (χ0) is 14.0. The monoisotopic (exact) mass is 346 g/mol. The number of halogens is 1. The van der Waals surface area contributed by atoms with Crippen molar-refractivity contribution in [1.82, 2.24) is 10.2 Å². The molecule has 1 fully saturated rings. The third kappa shape index (κ3) is 3.27. The van der Waals surface area contributed by atoms with Gasteiger partial charge in [0.1, 0.15) is 0 Å². The molecule has 0 radical (unpaired) electrons. The summed E-state index contributed by atoms with van der Waals surface area (Å²) in [5.41, 5.74) is -0.816. The van der Waals surface area contributed by atoms with E-state index in [-0.39, 0.29) is 12.6 Å². The summed E-state index contributed by atoms with van der Waals surface area (Å²) in [7, 11) is 0. The Hall–Kier alpha value is -1.08. The Labute approximate surface area is 123 Å². The normalized spacial score (nSPS) is 22.5. The second-order valence-electron chi connectivity index (χ2n) is 4.93. The van der Waals surface area contributed by atoms with Crippen molar-refractivity contribution in [3.8, 4) is 0 Å². The van der Waals surface area contributed by atoms with Gasteiger partial charge in [0.05, 0.1) is 12.0 Å². The highest BCUT2D eigenvalue weighted by Gasteiger charge is 2.42. The number of hydrogen-bond donors (Lipinski definition) is 2. The van der Waals surface area contributed by atoms with Gasteiger partial charge in [-0.25, -0.2) is 4.79 Å². The molecule has 1 aliphatic rings. The van der Waals surface area contributed by atoms with E-state index in [4.69, 9.17) is 5.11 Å². The van der Waals surface area contributed by atoms with Crippen LogP contribution in [0, 0.1) is 5.41 Å². The zero-order valence-corrected chi connectivity index (χ0v) is 12.9. The second-order valence-corrected chi connectivity index (χ2v) is 6.84. The number of urea groups is 1. The summed E-state index contributed by atoms with van der Waals surface area (Å²) in [5, 5.41) is 13.9. The minimum Gasteiger partial charge on any atom is -0.481 e. The molecule has 0 spiro atoms. The van der Waals surface area contributed by atoms with Gasteiger partial charge < -0.3 is 15.3 Å². The quantitative estimate of drug-likeness (QED) is 0.883. The molecule has 0 aromatic carbocycles. The zero-order valence-electron chi connectivity index (χ0n) is 10.5. The molecule has 2 heterocycles. The van der Waals surface area contributed by atoms with E-state index >= 15 is 0 Å². The summed E-state index contributed by atoms with van der Waals surface area (Å²) >= 11 is 4.92. The Balaban J connectivity index is 1.86. The average molecular weight is 347 g/mol. The summed E-state index contributed by atoms with van der Waals surface area (Å²) < 4.78 is 1.00. The largest absolute Gasteiger partial charge is 0.481 e. The van der Waals surface area contributed by atoms with E-state index in [2.05, 4.69) is 21.2 Å². The number of hydrogen-bond acceptors (Lipinski definition) is 3. The van der Waals surface area contributed by atoms with E-state index < -0.39 is 11.4 Å².